The van der Waals surface area contributed by atoms with Gasteiger partial charge < -0.3 is 10.6 Å². The van der Waals surface area contributed by atoms with Crippen LogP contribution in [0.3, 0.4) is 0 Å². The monoisotopic (exact) mass is 290 g/mol. The van der Waals surface area contributed by atoms with Crippen molar-refractivity contribution in [3.05, 3.63) is 35.4 Å². The molecule has 0 saturated heterocycles. The molecule has 1 aromatic rings. The first-order valence-corrected chi connectivity index (χ1v) is 7.46. The van der Waals surface area contributed by atoms with Gasteiger partial charge in [-0.15, -0.1) is 0 Å². The van der Waals surface area contributed by atoms with E-state index in [4.69, 9.17) is 0 Å². The van der Waals surface area contributed by atoms with Crippen LogP contribution in [0.1, 0.15) is 43.6 Å². The van der Waals surface area contributed by atoms with Crippen LogP contribution < -0.4 is 10.6 Å². The zero-order valence-electron chi connectivity index (χ0n) is 13.6. The third-order valence-corrected chi connectivity index (χ3v) is 3.20. The molecule has 4 nitrogen and oxygen atoms in total. The molecule has 0 bridgehead atoms. The Bertz CT molecular complexity index is 495. The molecular weight excluding hydrogens is 264 g/mol. The maximum Gasteiger partial charge on any atom is 0.251 e. The fraction of sp³-hybridized carbons (Fsp3) is 0.529. The van der Waals surface area contributed by atoms with Crippen LogP contribution in [-0.2, 0) is 4.79 Å². The fourth-order valence-corrected chi connectivity index (χ4v) is 1.96. The molecule has 116 valence electrons. The first-order chi connectivity index (χ1) is 9.81. The molecule has 0 aliphatic carbocycles. The zero-order valence-corrected chi connectivity index (χ0v) is 13.6. The topological polar surface area (TPSA) is 58.2 Å². The average molecular weight is 290 g/mol. The van der Waals surface area contributed by atoms with Crippen LogP contribution in [0.2, 0.25) is 0 Å². The molecule has 2 N–H and O–H groups in total. The number of carbonyl (C=O) groups excluding carboxylic acids is 2. The van der Waals surface area contributed by atoms with Crippen molar-refractivity contribution in [1.29, 1.82) is 0 Å². The maximum atomic E-state index is 12.3. The van der Waals surface area contributed by atoms with Gasteiger partial charge in [0.25, 0.3) is 5.91 Å². The van der Waals surface area contributed by atoms with Gasteiger partial charge >= 0.3 is 0 Å². The van der Waals surface area contributed by atoms with Gasteiger partial charge in [0.15, 0.2) is 0 Å². The summed E-state index contributed by atoms with van der Waals surface area (Å²) in [5.41, 5.74) is 1.60. The highest BCUT2D eigenvalue weighted by Gasteiger charge is 2.24. The van der Waals surface area contributed by atoms with Crippen LogP contribution in [0.4, 0.5) is 0 Å². The van der Waals surface area contributed by atoms with Crippen LogP contribution in [-0.4, -0.2) is 24.4 Å². The number of hydrogen-bond donors (Lipinski definition) is 2. The normalized spacial score (nSPS) is 12.3. The van der Waals surface area contributed by atoms with Gasteiger partial charge in [-0.2, -0.15) is 0 Å². The lowest BCUT2D eigenvalue weighted by Gasteiger charge is -2.22. The second-order valence-corrected chi connectivity index (χ2v) is 6.20. The molecule has 0 spiro atoms. The Morgan fingerprint density at radius 1 is 1.14 bits per heavy atom. The number of rotatable bonds is 6. The number of carbonyl (C=O) groups is 2. The third-order valence-electron chi connectivity index (χ3n) is 3.20. The zero-order chi connectivity index (χ0) is 16.0. The minimum absolute atomic E-state index is 0.0333. The second kappa shape index (κ2) is 7.81. The summed E-state index contributed by atoms with van der Waals surface area (Å²) in [5, 5.41) is 5.71. The van der Waals surface area contributed by atoms with Crippen molar-refractivity contribution in [2.45, 2.75) is 40.7 Å². The van der Waals surface area contributed by atoms with E-state index in [1.54, 1.807) is 6.07 Å². The van der Waals surface area contributed by atoms with E-state index in [9.17, 15) is 9.59 Å². The van der Waals surface area contributed by atoms with Crippen LogP contribution >= 0.6 is 0 Å². The molecular formula is C17H26N2O2. The van der Waals surface area contributed by atoms with Crippen LogP contribution in [0, 0.1) is 18.8 Å². The number of benzene rings is 1. The van der Waals surface area contributed by atoms with Gasteiger partial charge in [-0.25, -0.2) is 0 Å². The molecule has 21 heavy (non-hydrogen) atoms. The maximum absolute atomic E-state index is 12.3. The molecule has 2 amide bonds. The summed E-state index contributed by atoms with van der Waals surface area (Å²) >= 11 is 0. The van der Waals surface area contributed by atoms with Crippen molar-refractivity contribution in [1.82, 2.24) is 10.6 Å². The smallest absolute Gasteiger partial charge is 0.251 e. The van der Waals surface area contributed by atoms with E-state index in [-0.39, 0.29) is 17.7 Å². The number of amides is 2. The third kappa shape index (κ3) is 5.58. The summed E-state index contributed by atoms with van der Waals surface area (Å²) in [4.78, 5) is 24.5. The Kier molecular flexibility index (Phi) is 6.40. The van der Waals surface area contributed by atoms with E-state index >= 15 is 0 Å². The average Bonchev–Trinajstić information content (AvgIpc) is 2.41. The minimum Gasteiger partial charge on any atom is -0.354 e. The molecule has 0 fully saturated rings. The van der Waals surface area contributed by atoms with Crippen molar-refractivity contribution in [2.24, 2.45) is 11.8 Å². The molecule has 1 rings (SSSR count). The summed E-state index contributed by atoms with van der Waals surface area (Å²) in [6.07, 6.45) is 0. The molecule has 1 atom stereocenters. The Balaban J connectivity index is 2.74. The first kappa shape index (κ1) is 17.2. The Hall–Kier alpha value is -1.84. The van der Waals surface area contributed by atoms with Gasteiger partial charge in [0, 0.05) is 12.1 Å². The largest absolute Gasteiger partial charge is 0.354 e. The lowest BCUT2D eigenvalue weighted by molar-refractivity contribution is -0.124. The van der Waals surface area contributed by atoms with Gasteiger partial charge in [0.05, 0.1) is 0 Å². The van der Waals surface area contributed by atoms with Gasteiger partial charge in [-0.1, -0.05) is 45.4 Å². The van der Waals surface area contributed by atoms with E-state index in [2.05, 4.69) is 10.6 Å². The highest BCUT2D eigenvalue weighted by atomic mass is 16.2. The lowest BCUT2D eigenvalue weighted by Crippen LogP contribution is -2.50. The summed E-state index contributed by atoms with van der Waals surface area (Å²) in [6, 6.07) is 6.83. The van der Waals surface area contributed by atoms with Crippen molar-refractivity contribution < 1.29 is 9.59 Å². The van der Waals surface area contributed by atoms with E-state index in [1.807, 2.05) is 52.8 Å². The molecule has 0 aliphatic heterocycles. The quantitative estimate of drug-likeness (QED) is 0.846. The van der Waals surface area contributed by atoms with Crippen molar-refractivity contribution in [2.75, 3.05) is 6.54 Å². The number of nitrogens with one attached hydrogen (secondary N) is 2. The summed E-state index contributed by atoms with van der Waals surface area (Å²) < 4.78 is 0. The summed E-state index contributed by atoms with van der Waals surface area (Å²) in [7, 11) is 0. The van der Waals surface area contributed by atoms with Crippen molar-refractivity contribution in [3.8, 4) is 0 Å². The van der Waals surface area contributed by atoms with Gasteiger partial charge in [-0.05, 0) is 30.9 Å². The minimum atomic E-state index is -0.517. The van der Waals surface area contributed by atoms with Gasteiger partial charge in [0.2, 0.25) is 5.91 Å². The SMILES string of the molecule is Cc1cccc(C(=O)N[C@H](C(=O)NCC(C)C)C(C)C)c1. The summed E-state index contributed by atoms with van der Waals surface area (Å²) in [6.45, 7) is 10.5. The van der Waals surface area contributed by atoms with Crippen molar-refractivity contribution in [3.63, 3.8) is 0 Å². The predicted octanol–water partition coefficient (Wildman–Crippen LogP) is 2.52. The van der Waals surface area contributed by atoms with E-state index in [1.165, 1.54) is 0 Å². The molecule has 4 heteroatoms. The van der Waals surface area contributed by atoms with Gasteiger partial charge in [0.1, 0.15) is 6.04 Å². The molecule has 0 unspecified atom stereocenters. The van der Waals surface area contributed by atoms with Crippen molar-refractivity contribution >= 4 is 11.8 Å². The second-order valence-electron chi connectivity index (χ2n) is 6.20. The number of hydrogen-bond acceptors (Lipinski definition) is 2. The van der Waals surface area contributed by atoms with Crippen LogP contribution in [0.15, 0.2) is 24.3 Å². The molecule has 0 aromatic heterocycles. The molecule has 0 radical (unpaired) electrons. The fourth-order valence-electron chi connectivity index (χ4n) is 1.96. The van der Waals surface area contributed by atoms with Gasteiger partial charge in [-0.3, -0.25) is 9.59 Å². The lowest BCUT2D eigenvalue weighted by atomic mass is 10.0. The summed E-state index contributed by atoms with van der Waals surface area (Å²) in [5.74, 6) is 0.0805. The van der Waals surface area contributed by atoms with Crippen LogP contribution in [0.25, 0.3) is 0 Å². The standard InChI is InChI=1S/C17H26N2O2/c1-11(2)10-18-17(21)15(12(3)4)19-16(20)14-8-6-7-13(5)9-14/h6-9,11-12,15H,10H2,1-5H3,(H,18,21)(H,19,20)/t15-/m0/s1. The molecule has 0 aliphatic rings. The van der Waals surface area contributed by atoms with E-state index in [0.29, 0.717) is 18.0 Å². The van der Waals surface area contributed by atoms with E-state index in [0.717, 1.165) is 5.56 Å². The Labute approximate surface area is 127 Å². The highest BCUT2D eigenvalue weighted by molar-refractivity contribution is 5.97. The molecule has 1 aromatic carbocycles. The van der Waals surface area contributed by atoms with E-state index < -0.39 is 6.04 Å². The molecule has 0 saturated carbocycles. The highest BCUT2D eigenvalue weighted by Crippen LogP contribution is 2.07. The van der Waals surface area contributed by atoms with Crippen LogP contribution in [0.5, 0.6) is 0 Å². The number of aryl methyl sites for hydroxylation is 1. The Morgan fingerprint density at radius 3 is 2.33 bits per heavy atom. The Morgan fingerprint density at radius 2 is 1.81 bits per heavy atom. The predicted molar refractivity (Wildman–Crippen MR) is 85.1 cm³/mol. The first-order valence-electron chi connectivity index (χ1n) is 7.46. The molecule has 0 heterocycles.